The summed E-state index contributed by atoms with van der Waals surface area (Å²) < 4.78 is 6.51. The van der Waals surface area contributed by atoms with E-state index in [1.54, 1.807) is 4.90 Å². The van der Waals surface area contributed by atoms with E-state index in [9.17, 15) is 4.79 Å². The quantitative estimate of drug-likeness (QED) is 0.716. The first kappa shape index (κ1) is 17.5. The zero-order valence-corrected chi connectivity index (χ0v) is 15.3. The van der Waals surface area contributed by atoms with Gasteiger partial charge >= 0.3 is 6.09 Å². The van der Waals surface area contributed by atoms with Crippen LogP contribution in [0.3, 0.4) is 0 Å². The minimum Gasteiger partial charge on any atom is -0.445 e. The van der Waals surface area contributed by atoms with Gasteiger partial charge in [0.1, 0.15) is 6.61 Å². The number of hydrogen-bond donors (Lipinski definition) is 0. The lowest BCUT2D eigenvalue weighted by atomic mass is 10.1. The Balaban J connectivity index is 2.05. The van der Waals surface area contributed by atoms with E-state index in [1.165, 1.54) is 0 Å². The molecule has 0 atom stereocenters. The second kappa shape index (κ2) is 7.64. The molecule has 0 spiro atoms. The fourth-order valence-corrected chi connectivity index (χ4v) is 2.41. The summed E-state index contributed by atoms with van der Waals surface area (Å²) in [6, 6.07) is 17.7. The zero-order valence-electron chi connectivity index (χ0n) is 13.8. The van der Waals surface area contributed by atoms with Gasteiger partial charge in [-0.2, -0.15) is 0 Å². The van der Waals surface area contributed by atoms with Crippen LogP contribution in [0.25, 0.3) is 0 Å². The lowest BCUT2D eigenvalue weighted by Crippen LogP contribution is -2.45. The molecule has 0 aliphatic rings. The maximum Gasteiger partial charge on any atom is 0.410 e. The largest absolute Gasteiger partial charge is 0.445 e. The van der Waals surface area contributed by atoms with Gasteiger partial charge in [-0.1, -0.05) is 58.4 Å². The molecule has 0 aliphatic carbocycles. The first-order valence-electron chi connectivity index (χ1n) is 7.59. The molecule has 1 amide bonds. The molecule has 4 heteroatoms. The van der Waals surface area contributed by atoms with Crippen molar-refractivity contribution in [3.8, 4) is 0 Å². The van der Waals surface area contributed by atoms with E-state index < -0.39 is 0 Å². The molecular weight excluding hydrogens is 354 g/mol. The van der Waals surface area contributed by atoms with Gasteiger partial charge in [-0.15, -0.1) is 0 Å². The van der Waals surface area contributed by atoms with E-state index in [0.29, 0.717) is 6.54 Å². The molecule has 0 N–H and O–H groups in total. The third kappa shape index (κ3) is 5.39. The Morgan fingerprint density at radius 1 is 1.00 bits per heavy atom. The van der Waals surface area contributed by atoms with Crippen molar-refractivity contribution in [2.75, 3.05) is 0 Å². The molecule has 0 heterocycles. The van der Waals surface area contributed by atoms with Crippen molar-refractivity contribution in [1.29, 1.82) is 0 Å². The van der Waals surface area contributed by atoms with Gasteiger partial charge in [0.2, 0.25) is 0 Å². The Bertz CT molecular complexity index is 633. The van der Waals surface area contributed by atoms with E-state index in [0.717, 1.165) is 15.6 Å². The Hall–Kier alpha value is -1.81. The second-order valence-electron chi connectivity index (χ2n) is 6.42. The molecule has 3 nitrogen and oxygen atoms in total. The van der Waals surface area contributed by atoms with Crippen LogP contribution in [-0.2, 0) is 17.9 Å². The molecule has 0 fully saturated rings. The highest BCUT2D eigenvalue weighted by Crippen LogP contribution is 2.20. The van der Waals surface area contributed by atoms with Crippen LogP contribution in [0.5, 0.6) is 0 Å². The highest BCUT2D eigenvalue weighted by atomic mass is 79.9. The van der Waals surface area contributed by atoms with E-state index in [2.05, 4.69) is 15.9 Å². The third-order valence-electron chi connectivity index (χ3n) is 3.49. The first-order chi connectivity index (χ1) is 10.9. The van der Waals surface area contributed by atoms with Gasteiger partial charge in [0.25, 0.3) is 0 Å². The maximum absolute atomic E-state index is 12.5. The van der Waals surface area contributed by atoms with Gasteiger partial charge in [0.05, 0.1) is 0 Å². The van der Waals surface area contributed by atoms with Gasteiger partial charge in [-0.3, -0.25) is 4.90 Å². The summed E-state index contributed by atoms with van der Waals surface area (Å²) in [6.07, 6.45) is -0.302. The van der Waals surface area contributed by atoms with Crippen LogP contribution < -0.4 is 0 Å². The van der Waals surface area contributed by atoms with E-state index in [-0.39, 0.29) is 18.2 Å². The fraction of sp³-hybridized carbons (Fsp3) is 0.316. The summed E-state index contributed by atoms with van der Waals surface area (Å²) in [5.41, 5.74) is 1.74. The average molecular weight is 376 g/mol. The number of ether oxygens (including phenoxy) is 1. The van der Waals surface area contributed by atoms with Crippen LogP contribution >= 0.6 is 15.9 Å². The Labute approximate surface area is 146 Å². The highest BCUT2D eigenvalue weighted by Gasteiger charge is 2.27. The summed E-state index contributed by atoms with van der Waals surface area (Å²) in [7, 11) is 0. The number of nitrogens with zero attached hydrogens (tertiary/aromatic N) is 1. The van der Waals surface area contributed by atoms with Crippen molar-refractivity contribution in [1.82, 2.24) is 4.90 Å². The summed E-state index contributed by atoms with van der Waals surface area (Å²) >= 11 is 3.43. The number of carbonyl (C=O) groups excluding carboxylic acids is 1. The third-order valence-corrected chi connectivity index (χ3v) is 4.02. The number of benzene rings is 2. The van der Waals surface area contributed by atoms with Crippen LogP contribution in [0.1, 0.15) is 31.9 Å². The monoisotopic (exact) mass is 375 g/mol. The van der Waals surface area contributed by atoms with Gasteiger partial charge in [0, 0.05) is 16.6 Å². The van der Waals surface area contributed by atoms with Gasteiger partial charge in [-0.05, 0) is 44.0 Å². The molecule has 23 heavy (non-hydrogen) atoms. The van der Waals surface area contributed by atoms with Gasteiger partial charge in [-0.25, -0.2) is 4.79 Å². The minimum absolute atomic E-state index is 0.284. The van der Waals surface area contributed by atoms with Crippen molar-refractivity contribution in [2.45, 2.75) is 39.5 Å². The molecule has 0 aromatic heterocycles. The normalized spacial score (nSPS) is 11.1. The number of amides is 1. The fourth-order valence-electron chi connectivity index (χ4n) is 2.15. The van der Waals surface area contributed by atoms with Crippen LogP contribution in [0.2, 0.25) is 0 Å². The van der Waals surface area contributed by atoms with Crippen LogP contribution in [-0.4, -0.2) is 16.5 Å². The second-order valence-corrected chi connectivity index (χ2v) is 7.34. The van der Waals surface area contributed by atoms with Crippen LogP contribution in [0, 0.1) is 0 Å². The standard InChI is InChI=1S/C19H22BrNO2/c1-19(2,3)21(13-15-9-11-17(20)12-10-15)18(22)23-14-16-7-5-4-6-8-16/h4-12H,13-14H2,1-3H3. The van der Waals surface area contributed by atoms with E-state index in [1.807, 2.05) is 75.4 Å². The topological polar surface area (TPSA) is 29.5 Å². The Morgan fingerprint density at radius 3 is 2.17 bits per heavy atom. The number of halogens is 1. The molecule has 2 aromatic carbocycles. The molecule has 0 radical (unpaired) electrons. The van der Waals surface area contributed by atoms with Gasteiger partial charge < -0.3 is 4.74 Å². The first-order valence-corrected chi connectivity index (χ1v) is 8.38. The summed E-state index contributed by atoms with van der Waals surface area (Å²) in [5.74, 6) is 0. The van der Waals surface area contributed by atoms with Crippen molar-refractivity contribution in [3.05, 3.63) is 70.2 Å². The Kier molecular flexibility index (Phi) is 5.83. The molecular formula is C19H22BrNO2. The van der Waals surface area contributed by atoms with Crippen molar-refractivity contribution in [3.63, 3.8) is 0 Å². The Morgan fingerprint density at radius 2 is 1.61 bits per heavy atom. The number of carbonyl (C=O) groups is 1. The molecule has 0 bridgehead atoms. The molecule has 0 aliphatic heterocycles. The molecule has 0 saturated heterocycles. The smallest absolute Gasteiger partial charge is 0.410 e. The minimum atomic E-state index is -0.319. The SMILES string of the molecule is CC(C)(C)N(Cc1ccc(Br)cc1)C(=O)OCc1ccccc1. The predicted molar refractivity (Wildman–Crippen MR) is 96.1 cm³/mol. The summed E-state index contributed by atoms with van der Waals surface area (Å²) in [5, 5.41) is 0. The van der Waals surface area contributed by atoms with Crippen molar-refractivity contribution < 1.29 is 9.53 Å². The van der Waals surface area contributed by atoms with E-state index in [4.69, 9.17) is 4.74 Å². The number of hydrogen-bond acceptors (Lipinski definition) is 2. The predicted octanol–water partition coefficient (Wildman–Crippen LogP) is 5.39. The van der Waals surface area contributed by atoms with Crippen LogP contribution in [0.15, 0.2) is 59.1 Å². The summed E-state index contributed by atoms with van der Waals surface area (Å²) in [4.78, 5) is 14.3. The molecule has 0 saturated carbocycles. The molecule has 2 rings (SSSR count). The highest BCUT2D eigenvalue weighted by molar-refractivity contribution is 9.10. The van der Waals surface area contributed by atoms with Gasteiger partial charge in [0.15, 0.2) is 0 Å². The van der Waals surface area contributed by atoms with Crippen molar-refractivity contribution in [2.24, 2.45) is 0 Å². The lowest BCUT2D eigenvalue weighted by Gasteiger charge is -2.34. The average Bonchev–Trinajstić information content (AvgIpc) is 2.52. The molecule has 0 unspecified atom stereocenters. The lowest BCUT2D eigenvalue weighted by molar-refractivity contribution is 0.0588. The molecule has 2 aromatic rings. The zero-order chi connectivity index (χ0) is 16.9. The van der Waals surface area contributed by atoms with Crippen molar-refractivity contribution >= 4 is 22.0 Å². The van der Waals surface area contributed by atoms with E-state index >= 15 is 0 Å². The summed E-state index contributed by atoms with van der Waals surface area (Å²) in [6.45, 7) is 6.83. The van der Waals surface area contributed by atoms with Crippen LogP contribution in [0.4, 0.5) is 4.79 Å². The maximum atomic E-state index is 12.5. The number of rotatable bonds is 4. The molecule has 122 valence electrons.